The van der Waals surface area contributed by atoms with Gasteiger partial charge in [0.05, 0.1) is 18.5 Å². The molecule has 29 heavy (non-hydrogen) atoms. The minimum Gasteiger partial charge on any atom is -0.494 e. The van der Waals surface area contributed by atoms with Crippen molar-refractivity contribution in [3.63, 3.8) is 0 Å². The molecule has 0 amide bonds. The molecule has 0 N–H and O–H groups in total. The van der Waals surface area contributed by atoms with Crippen LogP contribution in [0.2, 0.25) is 0 Å². The second kappa shape index (κ2) is 7.63. The highest BCUT2D eigenvalue weighted by molar-refractivity contribution is 5.56. The molecular formula is C22H27FN4O2. The van der Waals surface area contributed by atoms with Crippen molar-refractivity contribution in [2.45, 2.75) is 52.7 Å². The molecule has 2 heterocycles. The Labute approximate surface area is 170 Å². The van der Waals surface area contributed by atoms with Crippen molar-refractivity contribution >= 4 is 0 Å². The van der Waals surface area contributed by atoms with Crippen LogP contribution in [0.25, 0.3) is 11.5 Å². The van der Waals surface area contributed by atoms with Crippen molar-refractivity contribution in [2.75, 3.05) is 7.11 Å². The van der Waals surface area contributed by atoms with E-state index in [0.29, 0.717) is 24.0 Å². The molecule has 0 saturated heterocycles. The molecule has 0 radical (unpaired) electrons. The molecule has 7 heteroatoms. The van der Waals surface area contributed by atoms with Crippen LogP contribution in [0.3, 0.4) is 0 Å². The zero-order chi connectivity index (χ0) is 20.7. The summed E-state index contributed by atoms with van der Waals surface area (Å²) in [5.74, 6) is 1.05. The second-order valence-corrected chi connectivity index (χ2v) is 7.78. The monoisotopic (exact) mass is 398 g/mol. The number of hydrogen-bond acceptors (Lipinski definition) is 5. The minimum absolute atomic E-state index is 0.182. The van der Waals surface area contributed by atoms with Crippen LogP contribution in [0.4, 0.5) is 4.39 Å². The normalized spacial score (nSPS) is 14.0. The molecule has 3 aromatic rings. The highest BCUT2D eigenvalue weighted by Gasteiger charge is 2.31. The van der Waals surface area contributed by atoms with E-state index in [1.54, 1.807) is 12.1 Å². The summed E-state index contributed by atoms with van der Waals surface area (Å²) in [6.07, 6.45) is 2.41. The fourth-order valence-corrected chi connectivity index (χ4v) is 3.69. The molecule has 1 aromatic carbocycles. The van der Waals surface area contributed by atoms with E-state index in [-0.39, 0.29) is 5.75 Å². The Morgan fingerprint density at radius 2 is 2.00 bits per heavy atom. The first-order valence-corrected chi connectivity index (χ1v) is 9.90. The van der Waals surface area contributed by atoms with Crippen molar-refractivity contribution in [1.29, 1.82) is 0 Å². The van der Waals surface area contributed by atoms with Crippen molar-refractivity contribution in [3.05, 3.63) is 52.4 Å². The lowest BCUT2D eigenvalue weighted by atomic mass is 10.1. The summed E-state index contributed by atoms with van der Waals surface area (Å²) in [7, 11) is 3.43. The molecule has 6 nitrogen and oxygen atoms in total. The van der Waals surface area contributed by atoms with Crippen LogP contribution in [-0.4, -0.2) is 32.8 Å². The molecule has 2 aromatic heterocycles. The van der Waals surface area contributed by atoms with Crippen molar-refractivity contribution in [1.82, 2.24) is 19.7 Å². The molecule has 0 aliphatic heterocycles. The number of methoxy groups -OCH3 is 1. The summed E-state index contributed by atoms with van der Waals surface area (Å²) < 4.78 is 26.7. The molecule has 1 saturated carbocycles. The van der Waals surface area contributed by atoms with Gasteiger partial charge in [0.1, 0.15) is 5.76 Å². The van der Waals surface area contributed by atoms with E-state index in [9.17, 15) is 4.39 Å². The number of oxazole rings is 1. The Balaban J connectivity index is 1.58. The summed E-state index contributed by atoms with van der Waals surface area (Å²) in [6.45, 7) is 7.67. The largest absolute Gasteiger partial charge is 0.494 e. The molecular weight excluding hydrogens is 371 g/mol. The lowest BCUT2D eigenvalue weighted by Gasteiger charge is -2.21. The van der Waals surface area contributed by atoms with Crippen LogP contribution >= 0.6 is 0 Å². The number of nitrogens with zero attached hydrogens (tertiary/aromatic N) is 4. The van der Waals surface area contributed by atoms with Gasteiger partial charge in [0.15, 0.2) is 11.6 Å². The lowest BCUT2D eigenvalue weighted by Crippen LogP contribution is -2.26. The van der Waals surface area contributed by atoms with E-state index in [2.05, 4.69) is 23.8 Å². The molecule has 0 spiro atoms. The first-order chi connectivity index (χ1) is 13.9. The van der Waals surface area contributed by atoms with Gasteiger partial charge in [0.2, 0.25) is 5.89 Å². The van der Waals surface area contributed by atoms with E-state index < -0.39 is 5.82 Å². The number of rotatable bonds is 7. The van der Waals surface area contributed by atoms with Gasteiger partial charge in [0.25, 0.3) is 0 Å². The number of halogens is 1. The van der Waals surface area contributed by atoms with Crippen LogP contribution < -0.4 is 4.74 Å². The highest BCUT2D eigenvalue weighted by Crippen LogP contribution is 2.33. The first kappa shape index (κ1) is 19.6. The van der Waals surface area contributed by atoms with Crippen LogP contribution in [-0.2, 0) is 20.1 Å². The maximum Gasteiger partial charge on any atom is 0.226 e. The van der Waals surface area contributed by atoms with Crippen LogP contribution in [0.1, 0.15) is 41.2 Å². The fraction of sp³-hybridized carbons (Fsp3) is 0.455. The summed E-state index contributed by atoms with van der Waals surface area (Å²) in [6, 6.07) is 5.22. The van der Waals surface area contributed by atoms with Crippen molar-refractivity contribution in [3.8, 4) is 17.2 Å². The summed E-state index contributed by atoms with van der Waals surface area (Å²) in [4.78, 5) is 7.17. The summed E-state index contributed by atoms with van der Waals surface area (Å²) in [5, 5.41) is 4.55. The number of aryl methyl sites for hydroxylation is 3. The van der Waals surface area contributed by atoms with Gasteiger partial charge in [-0.3, -0.25) is 9.58 Å². The van der Waals surface area contributed by atoms with Crippen LogP contribution in [0.15, 0.2) is 22.6 Å². The Morgan fingerprint density at radius 1 is 1.24 bits per heavy atom. The SMILES string of the molecule is COc1cc(-c2nc(CN(Cc3c(C)nn(C)c3C)C3CC3)c(C)o2)ccc1F. The number of benzene rings is 1. The lowest BCUT2D eigenvalue weighted by molar-refractivity contribution is 0.241. The third kappa shape index (κ3) is 3.92. The second-order valence-electron chi connectivity index (χ2n) is 7.78. The maximum atomic E-state index is 13.7. The quantitative estimate of drug-likeness (QED) is 0.593. The van der Waals surface area contributed by atoms with E-state index in [4.69, 9.17) is 14.1 Å². The predicted molar refractivity (Wildman–Crippen MR) is 108 cm³/mol. The van der Waals surface area contributed by atoms with Crippen LogP contribution in [0, 0.1) is 26.6 Å². The van der Waals surface area contributed by atoms with E-state index in [1.165, 1.54) is 37.3 Å². The van der Waals surface area contributed by atoms with Gasteiger partial charge in [-0.2, -0.15) is 5.10 Å². The molecule has 4 rings (SSSR count). The van der Waals surface area contributed by atoms with Gasteiger partial charge in [-0.05, 0) is 51.8 Å². The fourth-order valence-electron chi connectivity index (χ4n) is 3.69. The Morgan fingerprint density at radius 3 is 2.62 bits per heavy atom. The molecule has 0 unspecified atom stereocenters. The maximum absolute atomic E-state index is 13.7. The first-order valence-electron chi connectivity index (χ1n) is 9.90. The molecule has 0 atom stereocenters. The smallest absolute Gasteiger partial charge is 0.226 e. The predicted octanol–water partition coefficient (Wildman–Crippen LogP) is 4.31. The Bertz CT molecular complexity index is 1040. The zero-order valence-electron chi connectivity index (χ0n) is 17.6. The molecule has 1 aliphatic carbocycles. The van der Waals surface area contributed by atoms with Gasteiger partial charge < -0.3 is 9.15 Å². The van der Waals surface area contributed by atoms with E-state index in [0.717, 1.165) is 23.7 Å². The molecule has 1 aliphatic rings. The van der Waals surface area contributed by atoms with Crippen molar-refractivity contribution < 1.29 is 13.5 Å². The number of aromatic nitrogens is 3. The molecule has 1 fully saturated rings. The van der Waals surface area contributed by atoms with E-state index >= 15 is 0 Å². The van der Waals surface area contributed by atoms with E-state index in [1.807, 2.05) is 18.7 Å². The molecule has 154 valence electrons. The Hall–Kier alpha value is -2.67. The standard InChI is InChI=1S/C22H27FN4O2/c1-13-18(14(2)26(4)25-13)11-27(17-7-8-17)12-20-15(3)29-22(24-20)16-6-9-19(23)21(10-16)28-5/h6,9-10,17H,7-8,11-12H2,1-5H3. The molecule has 0 bridgehead atoms. The van der Waals surface area contributed by atoms with Crippen LogP contribution in [0.5, 0.6) is 5.75 Å². The average Bonchev–Trinajstić information content (AvgIpc) is 3.43. The zero-order valence-corrected chi connectivity index (χ0v) is 17.6. The third-order valence-corrected chi connectivity index (χ3v) is 5.73. The topological polar surface area (TPSA) is 56.3 Å². The number of ether oxygens (including phenoxy) is 1. The summed E-state index contributed by atoms with van der Waals surface area (Å²) >= 11 is 0. The van der Waals surface area contributed by atoms with Gasteiger partial charge in [0, 0.05) is 43.0 Å². The van der Waals surface area contributed by atoms with Gasteiger partial charge in [-0.25, -0.2) is 9.37 Å². The van der Waals surface area contributed by atoms with Gasteiger partial charge in [-0.15, -0.1) is 0 Å². The number of hydrogen-bond donors (Lipinski definition) is 0. The van der Waals surface area contributed by atoms with Gasteiger partial charge >= 0.3 is 0 Å². The van der Waals surface area contributed by atoms with Crippen molar-refractivity contribution in [2.24, 2.45) is 7.05 Å². The average molecular weight is 398 g/mol. The Kier molecular flexibility index (Phi) is 5.17. The third-order valence-electron chi connectivity index (χ3n) is 5.73. The minimum atomic E-state index is -0.401. The highest BCUT2D eigenvalue weighted by atomic mass is 19.1. The summed E-state index contributed by atoms with van der Waals surface area (Å²) in [5.41, 5.74) is 5.17. The van der Waals surface area contributed by atoms with Gasteiger partial charge in [-0.1, -0.05) is 0 Å².